The highest BCUT2D eigenvalue weighted by Crippen LogP contribution is 2.33. The predicted molar refractivity (Wildman–Crippen MR) is 72.9 cm³/mol. The standard InChI is InChI=1S/C14H27N3O/c1-10-5-7-17(9-11(10)2)12-4-3-6-14(16,8-12)13(15)18/h10-12H,3-9,16H2,1-2H3,(H2,15,18). The SMILES string of the molecule is CC1CCN(C2CCCC(N)(C(N)=O)C2)CC1C. The fraction of sp³-hybridized carbons (Fsp3) is 0.929. The molecule has 104 valence electrons. The van der Waals surface area contributed by atoms with Crippen LogP contribution < -0.4 is 11.5 Å². The van der Waals surface area contributed by atoms with E-state index in [1.54, 1.807) is 0 Å². The summed E-state index contributed by atoms with van der Waals surface area (Å²) in [5, 5.41) is 0. The van der Waals surface area contributed by atoms with E-state index in [4.69, 9.17) is 11.5 Å². The molecule has 4 atom stereocenters. The molecule has 0 aromatic rings. The molecule has 1 amide bonds. The van der Waals surface area contributed by atoms with E-state index in [-0.39, 0.29) is 5.91 Å². The van der Waals surface area contributed by atoms with Gasteiger partial charge in [-0.3, -0.25) is 4.79 Å². The highest BCUT2D eigenvalue weighted by Gasteiger charge is 2.40. The molecule has 2 rings (SSSR count). The Kier molecular flexibility index (Phi) is 3.97. The van der Waals surface area contributed by atoms with Crippen molar-refractivity contribution in [3.05, 3.63) is 0 Å². The minimum Gasteiger partial charge on any atom is -0.368 e. The number of hydrogen-bond acceptors (Lipinski definition) is 3. The fourth-order valence-electron chi connectivity index (χ4n) is 3.44. The van der Waals surface area contributed by atoms with Gasteiger partial charge in [-0.2, -0.15) is 0 Å². The first kappa shape index (κ1) is 13.8. The molecule has 2 fully saturated rings. The summed E-state index contributed by atoms with van der Waals surface area (Å²) in [5.74, 6) is 1.22. The van der Waals surface area contributed by atoms with Crippen molar-refractivity contribution in [1.82, 2.24) is 4.90 Å². The van der Waals surface area contributed by atoms with Gasteiger partial charge in [0.15, 0.2) is 0 Å². The molecule has 2 aliphatic rings. The Balaban J connectivity index is 1.99. The lowest BCUT2D eigenvalue weighted by Crippen LogP contribution is -2.59. The van der Waals surface area contributed by atoms with E-state index in [0.717, 1.165) is 50.6 Å². The van der Waals surface area contributed by atoms with Gasteiger partial charge >= 0.3 is 0 Å². The average Bonchev–Trinajstić information content (AvgIpc) is 2.32. The van der Waals surface area contributed by atoms with Crippen molar-refractivity contribution in [3.63, 3.8) is 0 Å². The molecule has 4 N–H and O–H groups in total. The highest BCUT2D eigenvalue weighted by molar-refractivity contribution is 5.84. The van der Waals surface area contributed by atoms with E-state index in [9.17, 15) is 4.79 Å². The summed E-state index contributed by atoms with van der Waals surface area (Å²) in [6.45, 7) is 6.94. The molecule has 0 spiro atoms. The molecular weight excluding hydrogens is 226 g/mol. The van der Waals surface area contributed by atoms with Crippen LogP contribution in [0.25, 0.3) is 0 Å². The van der Waals surface area contributed by atoms with Gasteiger partial charge < -0.3 is 16.4 Å². The Morgan fingerprint density at radius 2 is 2.00 bits per heavy atom. The summed E-state index contributed by atoms with van der Waals surface area (Å²) in [6, 6.07) is 0.450. The third kappa shape index (κ3) is 2.69. The molecule has 1 aliphatic carbocycles. The second-order valence-electron chi connectivity index (χ2n) is 6.51. The molecule has 18 heavy (non-hydrogen) atoms. The molecule has 0 radical (unpaired) electrons. The molecule has 4 heteroatoms. The number of nitrogens with two attached hydrogens (primary N) is 2. The summed E-state index contributed by atoms with van der Waals surface area (Å²) < 4.78 is 0. The summed E-state index contributed by atoms with van der Waals surface area (Å²) in [4.78, 5) is 14.0. The number of carbonyl (C=O) groups excluding carboxylic acids is 1. The summed E-state index contributed by atoms with van der Waals surface area (Å²) in [6.07, 6.45) is 4.92. The lowest BCUT2D eigenvalue weighted by molar-refractivity contribution is -0.125. The van der Waals surface area contributed by atoms with E-state index in [1.165, 1.54) is 6.42 Å². The Labute approximate surface area is 110 Å². The second kappa shape index (κ2) is 5.17. The maximum Gasteiger partial charge on any atom is 0.237 e. The number of piperidine rings is 1. The number of rotatable bonds is 2. The molecule has 4 nitrogen and oxygen atoms in total. The molecule has 1 aliphatic heterocycles. The van der Waals surface area contributed by atoms with Gasteiger partial charge in [0.1, 0.15) is 0 Å². The minimum absolute atomic E-state index is 0.328. The molecule has 1 heterocycles. The lowest BCUT2D eigenvalue weighted by Gasteiger charge is -2.45. The Morgan fingerprint density at radius 1 is 1.28 bits per heavy atom. The first-order chi connectivity index (χ1) is 8.42. The van der Waals surface area contributed by atoms with E-state index >= 15 is 0 Å². The van der Waals surface area contributed by atoms with Crippen molar-refractivity contribution in [1.29, 1.82) is 0 Å². The number of primary amides is 1. The number of amides is 1. The molecular formula is C14H27N3O. The van der Waals surface area contributed by atoms with Crippen LogP contribution in [0.15, 0.2) is 0 Å². The van der Waals surface area contributed by atoms with Crippen LogP contribution in [0.1, 0.15) is 46.0 Å². The summed E-state index contributed by atoms with van der Waals surface area (Å²) in [7, 11) is 0. The first-order valence-electron chi connectivity index (χ1n) is 7.25. The zero-order valence-electron chi connectivity index (χ0n) is 11.7. The number of likely N-dealkylation sites (tertiary alicyclic amines) is 1. The van der Waals surface area contributed by atoms with Crippen LogP contribution in [0.2, 0.25) is 0 Å². The summed E-state index contributed by atoms with van der Waals surface area (Å²) >= 11 is 0. The van der Waals surface area contributed by atoms with E-state index in [0.29, 0.717) is 6.04 Å². The van der Waals surface area contributed by atoms with E-state index in [2.05, 4.69) is 18.7 Å². The van der Waals surface area contributed by atoms with Crippen LogP contribution in [-0.4, -0.2) is 35.5 Å². The molecule has 0 bridgehead atoms. The largest absolute Gasteiger partial charge is 0.368 e. The number of carbonyl (C=O) groups is 1. The minimum atomic E-state index is -0.769. The third-order valence-electron chi connectivity index (χ3n) is 5.13. The first-order valence-corrected chi connectivity index (χ1v) is 7.25. The van der Waals surface area contributed by atoms with Gasteiger partial charge in [-0.25, -0.2) is 0 Å². The Bertz CT molecular complexity index is 320. The smallest absolute Gasteiger partial charge is 0.237 e. The van der Waals surface area contributed by atoms with Crippen molar-refractivity contribution < 1.29 is 4.79 Å². The van der Waals surface area contributed by atoms with E-state index in [1.807, 2.05) is 0 Å². The molecule has 1 saturated carbocycles. The van der Waals surface area contributed by atoms with Gasteiger partial charge in [0.05, 0.1) is 5.54 Å². The van der Waals surface area contributed by atoms with Crippen LogP contribution in [0.4, 0.5) is 0 Å². The predicted octanol–water partition coefficient (Wildman–Crippen LogP) is 1.09. The molecule has 4 unspecified atom stereocenters. The quantitative estimate of drug-likeness (QED) is 0.774. The topological polar surface area (TPSA) is 72.3 Å². The zero-order chi connectivity index (χ0) is 13.3. The van der Waals surface area contributed by atoms with E-state index < -0.39 is 5.54 Å². The van der Waals surface area contributed by atoms with Gasteiger partial charge in [0.2, 0.25) is 5.91 Å². The van der Waals surface area contributed by atoms with Gasteiger partial charge in [-0.05, 0) is 50.5 Å². The van der Waals surface area contributed by atoms with Crippen molar-refractivity contribution >= 4 is 5.91 Å². The van der Waals surface area contributed by atoms with Gasteiger partial charge in [0.25, 0.3) is 0 Å². The van der Waals surface area contributed by atoms with Gasteiger partial charge in [-0.1, -0.05) is 13.8 Å². The van der Waals surface area contributed by atoms with Crippen LogP contribution in [-0.2, 0) is 4.79 Å². The number of hydrogen-bond donors (Lipinski definition) is 2. The molecule has 0 aromatic carbocycles. The van der Waals surface area contributed by atoms with Gasteiger partial charge in [0, 0.05) is 12.6 Å². The van der Waals surface area contributed by atoms with Crippen LogP contribution in [0.3, 0.4) is 0 Å². The van der Waals surface area contributed by atoms with Crippen LogP contribution in [0.5, 0.6) is 0 Å². The van der Waals surface area contributed by atoms with Crippen molar-refractivity contribution in [2.45, 2.75) is 57.5 Å². The number of nitrogens with zero attached hydrogens (tertiary/aromatic N) is 1. The maximum atomic E-state index is 11.5. The van der Waals surface area contributed by atoms with Crippen LogP contribution in [0, 0.1) is 11.8 Å². The third-order valence-corrected chi connectivity index (χ3v) is 5.13. The van der Waals surface area contributed by atoms with Crippen molar-refractivity contribution in [3.8, 4) is 0 Å². The average molecular weight is 253 g/mol. The maximum absolute atomic E-state index is 11.5. The highest BCUT2D eigenvalue weighted by atomic mass is 16.1. The Morgan fingerprint density at radius 3 is 2.61 bits per heavy atom. The fourth-order valence-corrected chi connectivity index (χ4v) is 3.44. The molecule has 1 saturated heterocycles. The second-order valence-corrected chi connectivity index (χ2v) is 6.51. The van der Waals surface area contributed by atoms with Crippen molar-refractivity contribution in [2.75, 3.05) is 13.1 Å². The lowest BCUT2D eigenvalue weighted by atomic mass is 9.77. The van der Waals surface area contributed by atoms with Crippen LogP contribution >= 0.6 is 0 Å². The van der Waals surface area contributed by atoms with Crippen molar-refractivity contribution in [2.24, 2.45) is 23.3 Å². The normalized spacial score (nSPS) is 42.7. The Hall–Kier alpha value is -0.610. The zero-order valence-corrected chi connectivity index (χ0v) is 11.7. The van der Waals surface area contributed by atoms with Gasteiger partial charge in [-0.15, -0.1) is 0 Å². The molecule has 0 aromatic heterocycles. The monoisotopic (exact) mass is 253 g/mol. The summed E-state index contributed by atoms with van der Waals surface area (Å²) in [5.41, 5.74) is 10.9.